The monoisotopic (exact) mass is 285 g/mol. The molecule has 0 saturated carbocycles. The summed E-state index contributed by atoms with van der Waals surface area (Å²) in [6.07, 6.45) is 0. The average molecular weight is 286 g/mol. The predicted octanol–water partition coefficient (Wildman–Crippen LogP) is 2.48. The number of rotatable bonds is 5. The second kappa shape index (κ2) is 5.44. The van der Waals surface area contributed by atoms with Crippen LogP contribution in [-0.4, -0.2) is 17.4 Å². The van der Waals surface area contributed by atoms with Crippen molar-refractivity contribution in [1.29, 1.82) is 0 Å². The van der Waals surface area contributed by atoms with Gasteiger partial charge in [-0.3, -0.25) is 14.9 Å². The lowest BCUT2D eigenvalue weighted by Gasteiger charge is -2.22. The number of hydrogen-bond donors (Lipinski definition) is 2. The van der Waals surface area contributed by atoms with Crippen molar-refractivity contribution in [3.05, 3.63) is 32.8 Å². The first-order valence-corrected chi connectivity index (χ1v) is 6.01. The number of amides is 1. The second-order valence-corrected chi connectivity index (χ2v) is 5.38. The Labute approximate surface area is 116 Å². The number of nitrogens with two attached hydrogens (primary N) is 1. The molecule has 0 aliphatic carbocycles. The van der Waals surface area contributed by atoms with Crippen molar-refractivity contribution >= 4 is 28.9 Å². The molecule has 0 unspecified atom stereocenters. The molecule has 0 aliphatic rings. The molecule has 7 heteroatoms. The third-order valence-corrected chi connectivity index (χ3v) is 3.18. The number of halogens is 1. The van der Waals surface area contributed by atoms with E-state index in [4.69, 9.17) is 17.3 Å². The maximum absolute atomic E-state index is 11.2. The van der Waals surface area contributed by atoms with Crippen molar-refractivity contribution < 1.29 is 9.72 Å². The van der Waals surface area contributed by atoms with Gasteiger partial charge >= 0.3 is 0 Å². The Morgan fingerprint density at radius 1 is 1.53 bits per heavy atom. The smallest absolute Gasteiger partial charge is 0.288 e. The molecule has 1 aromatic carbocycles. The van der Waals surface area contributed by atoms with E-state index in [1.54, 1.807) is 20.8 Å². The zero-order chi connectivity index (χ0) is 14.8. The molecule has 3 N–H and O–H groups in total. The Bertz CT molecular complexity index is 529. The normalized spacial score (nSPS) is 11.2. The first-order valence-electron chi connectivity index (χ1n) is 5.63. The van der Waals surface area contributed by atoms with Crippen molar-refractivity contribution in [2.75, 3.05) is 11.9 Å². The van der Waals surface area contributed by atoms with E-state index in [2.05, 4.69) is 5.32 Å². The number of nitro groups is 1. The summed E-state index contributed by atoms with van der Waals surface area (Å²) in [6.45, 7) is 5.47. The SMILES string of the molecule is Cc1cc([N+](=O)[O-])c(Cl)cc1NCC(C)(C)C(N)=O. The van der Waals surface area contributed by atoms with E-state index >= 15 is 0 Å². The summed E-state index contributed by atoms with van der Waals surface area (Å²) >= 11 is 5.84. The largest absolute Gasteiger partial charge is 0.384 e. The van der Waals surface area contributed by atoms with Gasteiger partial charge in [-0.1, -0.05) is 11.6 Å². The van der Waals surface area contributed by atoms with Crippen LogP contribution in [0.25, 0.3) is 0 Å². The van der Waals surface area contributed by atoms with Gasteiger partial charge in [-0.25, -0.2) is 0 Å². The zero-order valence-electron chi connectivity index (χ0n) is 11.0. The molecule has 0 fully saturated rings. The van der Waals surface area contributed by atoms with Crippen LogP contribution in [0.4, 0.5) is 11.4 Å². The third-order valence-electron chi connectivity index (χ3n) is 2.88. The van der Waals surface area contributed by atoms with Gasteiger partial charge < -0.3 is 11.1 Å². The number of anilines is 1. The zero-order valence-corrected chi connectivity index (χ0v) is 11.7. The molecular weight excluding hydrogens is 270 g/mol. The molecular formula is C12H16ClN3O3. The Morgan fingerprint density at radius 2 is 2.11 bits per heavy atom. The number of carbonyl (C=O) groups excluding carboxylic acids is 1. The minimum Gasteiger partial charge on any atom is -0.384 e. The van der Waals surface area contributed by atoms with Crippen LogP contribution in [0.1, 0.15) is 19.4 Å². The van der Waals surface area contributed by atoms with Crippen LogP contribution in [0.5, 0.6) is 0 Å². The molecule has 19 heavy (non-hydrogen) atoms. The molecule has 0 spiro atoms. The van der Waals surface area contributed by atoms with Crippen molar-refractivity contribution in [3.8, 4) is 0 Å². The molecule has 0 aromatic heterocycles. The summed E-state index contributed by atoms with van der Waals surface area (Å²) < 4.78 is 0. The van der Waals surface area contributed by atoms with Gasteiger partial charge in [-0.15, -0.1) is 0 Å². The Morgan fingerprint density at radius 3 is 2.58 bits per heavy atom. The van der Waals surface area contributed by atoms with Gasteiger partial charge in [-0.05, 0) is 32.4 Å². The summed E-state index contributed by atoms with van der Waals surface area (Å²) in [6, 6.07) is 2.87. The minimum atomic E-state index is -0.722. The van der Waals surface area contributed by atoms with Gasteiger partial charge in [0.15, 0.2) is 0 Å². The van der Waals surface area contributed by atoms with Gasteiger partial charge in [-0.2, -0.15) is 0 Å². The summed E-state index contributed by atoms with van der Waals surface area (Å²) in [5.41, 5.74) is 5.73. The second-order valence-electron chi connectivity index (χ2n) is 4.98. The Balaban J connectivity index is 2.95. The van der Waals surface area contributed by atoms with Crippen molar-refractivity contribution in [1.82, 2.24) is 0 Å². The Kier molecular flexibility index (Phi) is 4.36. The fourth-order valence-corrected chi connectivity index (χ4v) is 1.63. The van der Waals surface area contributed by atoms with Crippen LogP contribution >= 0.6 is 11.6 Å². The molecule has 0 heterocycles. The lowest BCUT2D eigenvalue weighted by atomic mass is 9.92. The first kappa shape index (κ1) is 15.2. The average Bonchev–Trinajstić information content (AvgIpc) is 2.29. The van der Waals surface area contributed by atoms with Crippen LogP contribution in [-0.2, 0) is 4.79 Å². The molecule has 1 amide bonds. The highest BCUT2D eigenvalue weighted by molar-refractivity contribution is 6.33. The molecule has 0 saturated heterocycles. The van der Waals surface area contributed by atoms with E-state index in [9.17, 15) is 14.9 Å². The quantitative estimate of drug-likeness (QED) is 0.641. The number of primary amides is 1. The van der Waals surface area contributed by atoms with Crippen molar-refractivity contribution in [2.45, 2.75) is 20.8 Å². The van der Waals surface area contributed by atoms with Crippen LogP contribution in [0.15, 0.2) is 12.1 Å². The molecule has 1 aromatic rings. The molecule has 6 nitrogen and oxygen atoms in total. The summed E-state index contributed by atoms with van der Waals surface area (Å²) in [5, 5.41) is 13.8. The molecule has 104 valence electrons. The molecule has 0 bridgehead atoms. The van der Waals surface area contributed by atoms with E-state index in [0.717, 1.165) is 0 Å². The first-order chi connectivity index (χ1) is 8.65. The number of nitro benzene ring substituents is 1. The lowest BCUT2D eigenvalue weighted by molar-refractivity contribution is -0.384. The van der Waals surface area contributed by atoms with Gasteiger partial charge in [0.25, 0.3) is 5.69 Å². The number of hydrogen-bond acceptors (Lipinski definition) is 4. The third kappa shape index (κ3) is 3.57. The molecule has 0 atom stereocenters. The number of nitrogens with one attached hydrogen (secondary N) is 1. The highest BCUT2D eigenvalue weighted by atomic mass is 35.5. The van der Waals surface area contributed by atoms with Gasteiger partial charge in [0.05, 0.1) is 10.3 Å². The standard InChI is InChI=1S/C12H16ClN3O3/c1-7-4-10(16(18)19)8(13)5-9(7)15-6-12(2,3)11(14)17/h4-5,15H,6H2,1-3H3,(H2,14,17). The number of carbonyl (C=O) groups is 1. The van der Waals surface area contributed by atoms with Gasteiger partial charge in [0.2, 0.25) is 5.91 Å². The number of nitrogens with zero attached hydrogens (tertiary/aromatic N) is 1. The predicted molar refractivity (Wildman–Crippen MR) is 74.3 cm³/mol. The van der Waals surface area contributed by atoms with Gasteiger partial charge in [0, 0.05) is 18.3 Å². The maximum atomic E-state index is 11.2. The number of benzene rings is 1. The van der Waals surface area contributed by atoms with Gasteiger partial charge in [0.1, 0.15) is 5.02 Å². The molecule has 0 aliphatic heterocycles. The summed E-state index contributed by atoms with van der Waals surface area (Å²) in [5.74, 6) is -0.425. The van der Waals surface area contributed by atoms with Crippen LogP contribution in [0.2, 0.25) is 5.02 Å². The maximum Gasteiger partial charge on any atom is 0.288 e. The lowest BCUT2D eigenvalue weighted by Crippen LogP contribution is -2.37. The highest BCUT2D eigenvalue weighted by Crippen LogP contribution is 2.31. The van der Waals surface area contributed by atoms with Crippen molar-refractivity contribution in [2.24, 2.45) is 11.1 Å². The minimum absolute atomic E-state index is 0.0509. The summed E-state index contributed by atoms with van der Waals surface area (Å²) in [7, 11) is 0. The van der Waals surface area contributed by atoms with E-state index < -0.39 is 16.2 Å². The summed E-state index contributed by atoms with van der Waals surface area (Å²) in [4.78, 5) is 21.4. The fraction of sp³-hybridized carbons (Fsp3) is 0.417. The molecule has 1 rings (SSSR count). The van der Waals surface area contributed by atoms with Crippen LogP contribution < -0.4 is 11.1 Å². The van der Waals surface area contributed by atoms with E-state index in [0.29, 0.717) is 17.8 Å². The molecule has 0 radical (unpaired) electrons. The Hall–Kier alpha value is -1.82. The van der Waals surface area contributed by atoms with Crippen molar-refractivity contribution in [3.63, 3.8) is 0 Å². The van der Waals surface area contributed by atoms with Crippen LogP contribution in [0.3, 0.4) is 0 Å². The van der Waals surface area contributed by atoms with E-state index in [-0.39, 0.29) is 10.7 Å². The van der Waals surface area contributed by atoms with Crippen LogP contribution in [0, 0.1) is 22.5 Å². The topological polar surface area (TPSA) is 98.3 Å². The van der Waals surface area contributed by atoms with E-state index in [1.807, 2.05) is 0 Å². The number of aryl methyl sites for hydroxylation is 1. The fourth-order valence-electron chi connectivity index (χ4n) is 1.40. The van der Waals surface area contributed by atoms with E-state index in [1.165, 1.54) is 12.1 Å². The highest BCUT2D eigenvalue weighted by Gasteiger charge is 2.25.